The van der Waals surface area contributed by atoms with Gasteiger partial charge < -0.3 is 19.9 Å². The number of fused-ring (bicyclic) bond motifs is 4. The van der Waals surface area contributed by atoms with Crippen LogP contribution in [0.1, 0.15) is 36.8 Å². The highest BCUT2D eigenvalue weighted by Gasteiger charge is 2.46. The number of hydrogen-bond acceptors (Lipinski definition) is 6. The van der Waals surface area contributed by atoms with E-state index in [4.69, 9.17) is 9.72 Å². The molecular formula is C33H34F3N5O2. The molecule has 4 aromatic rings. The first-order valence-electron chi connectivity index (χ1n) is 14.7. The SMILES string of the molecule is O=C(NCC(F)(F)F)OC1(CCCCN2CCCN(c3ncc4ccccc4n3)CC2)c2ccccc2-c2ccccc21. The number of carbonyl (C=O) groups is 1. The highest BCUT2D eigenvalue weighted by atomic mass is 19.4. The van der Waals surface area contributed by atoms with Crippen LogP contribution in [-0.4, -0.2) is 66.4 Å². The second-order valence-corrected chi connectivity index (χ2v) is 11.1. The lowest BCUT2D eigenvalue weighted by molar-refractivity contribution is -0.124. The third-order valence-electron chi connectivity index (χ3n) is 8.32. The summed E-state index contributed by atoms with van der Waals surface area (Å²) in [5, 5.41) is 2.93. The quantitative estimate of drug-likeness (QED) is 0.236. The summed E-state index contributed by atoms with van der Waals surface area (Å²) < 4.78 is 44.5. The highest BCUT2D eigenvalue weighted by molar-refractivity contribution is 5.82. The van der Waals surface area contributed by atoms with E-state index in [0.29, 0.717) is 6.42 Å². The molecule has 3 aromatic carbocycles. The number of alkyl carbamates (subject to hydrolysis) is 1. The topological polar surface area (TPSA) is 70.6 Å². The van der Waals surface area contributed by atoms with Crippen molar-refractivity contribution in [3.63, 3.8) is 0 Å². The molecule has 0 atom stereocenters. The Morgan fingerprint density at radius 3 is 2.33 bits per heavy atom. The predicted molar refractivity (Wildman–Crippen MR) is 160 cm³/mol. The fraction of sp³-hybridized carbons (Fsp3) is 0.364. The average molecular weight is 590 g/mol. The molecule has 0 unspecified atom stereocenters. The maximum atomic E-state index is 12.9. The molecule has 2 aliphatic rings. The lowest BCUT2D eigenvalue weighted by atomic mass is 9.86. The number of unbranched alkanes of at least 4 members (excludes halogenated alkanes) is 1. The Kier molecular flexibility index (Phi) is 8.21. The zero-order valence-corrected chi connectivity index (χ0v) is 23.8. The van der Waals surface area contributed by atoms with E-state index in [0.717, 1.165) is 91.1 Å². The van der Waals surface area contributed by atoms with Gasteiger partial charge >= 0.3 is 12.3 Å². The van der Waals surface area contributed by atoms with Gasteiger partial charge in [-0.1, -0.05) is 66.7 Å². The number of nitrogens with one attached hydrogen (secondary N) is 1. The smallest absolute Gasteiger partial charge is 0.408 e. The van der Waals surface area contributed by atoms with Crippen LogP contribution < -0.4 is 10.2 Å². The van der Waals surface area contributed by atoms with Crippen LogP contribution in [0, 0.1) is 0 Å². The Balaban J connectivity index is 1.12. The van der Waals surface area contributed by atoms with Gasteiger partial charge in [-0.15, -0.1) is 0 Å². The Labute approximate surface area is 248 Å². The van der Waals surface area contributed by atoms with Gasteiger partial charge in [-0.25, -0.2) is 14.8 Å². The summed E-state index contributed by atoms with van der Waals surface area (Å²) in [5.74, 6) is 0.752. The number of anilines is 1. The van der Waals surface area contributed by atoms with Crippen LogP contribution in [0.25, 0.3) is 22.0 Å². The third kappa shape index (κ3) is 6.29. The lowest BCUT2D eigenvalue weighted by Gasteiger charge is -2.32. The van der Waals surface area contributed by atoms with Crippen molar-refractivity contribution in [2.75, 3.05) is 44.2 Å². The molecule has 224 valence electrons. The molecule has 2 heterocycles. The summed E-state index contributed by atoms with van der Waals surface area (Å²) in [6.07, 6.45) is -0.696. The lowest BCUT2D eigenvalue weighted by Crippen LogP contribution is -2.40. The van der Waals surface area contributed by atoms with Gasteiger partial charge in [0, 0.05) is 42.3 Å². The predicted octanol–water partition coefficient (Wildman–Crippen LogP) is 6.52. The van der Waals surface area contributed by atoms with E-state index in [-0.39, 0.29) is 0 Å². The van der Waals surface area contributed by atoms with E-state index in [2.05, 4.69) is 14.8 Å². The Morgan fingerprint density at radius 1 is 0.884 bits per heavy atom. The number of amides is 1. The number of para-hydroxylation sites is 1. The molecule has 1 fully saturated rings. The monoisotopic (exact) mass is 589 g/mol. The fourth-order valence-corrected chi connectivity index (χ4v) is 6.30. The van der Waals surface area contributed by atoms with Gasteiger partial charge in [0.25, 0.3) is 0 Å². The Morgan fingerprint density at radius 2 is 1.58 bits per heavy atom. The number of hydrogen-bond donors (Lipinski definition) is 1. The average Bonchev–Trinajstić information content (AvgIpc) is 3.12. The molecule has 43 heavy (non-hydrogen) atoms. The highest BCUT2D eigenvalue weighted by Crippen LogP contribution is 2.52. The summed E-state index contributed by atoms with van der Waals surface area (Å²) in [4.78, 5) is 26.8. The number of nitrogens with zero attached hydrogens (tertiary/aromatic N) is 4. The number of benzene rings is 3. The summed E-state index contributed by atoms with van der Waals surface area (Å²) in [5.41, 5.74) is 3.26. The largest absolute Gasteiger partial charge is 0.433 e. The van der Waals surface area contributed by atoms with Gasteiger partial charge in [0.2, 0.25) is 5.95 Å². The Hall–Kier alpha value is -4.18. The van der Waals surface area contributed by atoms with Gasteiger partial charge in [0.15, 0.2) is 5.60 Å². The van der Waals surface area contributed by atoms with E-state index in [1.54, 1.807) is 0 Å². The third-order valence-corrected chi connectivity index (χ3v) is 8.32. The molecule has 1 amide bonds. The maximum Gasteiger partial charge on any atom is 0.408 e. The summed E-state index contributed by atoms with van der Waals surface area (Å²) in [6.45, 7) is 2.96. The van der Waals surface area contributed by atoms with Crippen LogP contribution >= 0.6 is 0 Å². The second kappa shape index (κ2) is 12.2. The first-order chi connectivity index (χ1) is 20.8. The standard InChI is InChI=1S/C33H34F3N5O2/c34-33(35,36)23-38-31(42)43-32(27-13-4-2-11-25(27)26-12-3-5-14-28(26)32)16-7-8-17-40-18-9-19-41(21-20-40)30-37-22-24-10-1-6-15-29(24)39-30/h1-6,10-15,22H,7-9,16-21,23H2,(H,38,42). The van der Waals surface area contributed by atoms with E-state index < -0.39 is 24.4 Å². The van der Waals surface area contributed by atoms with Crippen molar-refractivity contribution in [1.29, 1.82) is 0 Å². The van der Waals surface area contributed by atoms with Crippen molar-refractivity contribution < 1.29 is 22.7 Å². The van der Waals surface area contributed by atoms with Crippen LogP contribution in [0.3, 0.4) is 0 Å². The molecule has 0 spiro atoms. The summed E-state index contributed by atoms with van der Waals surface area (Å²) in [7, 11) is 0. The number of halogens is 3. The number of carbonyl (C=O) groups excluding carboxylic acids is 1. The van der Waals surface area contributed by atoms with Gasteiger partial charge in [0.05, 0.1) is 5.52 Å². The van der Waals surface area contributed by atoms with Crippen molar-refractivity contribution in [3.8, 4) is 11.1 Å². The zero-order chi connectivity index (χ0) is 29.9. The molecule has 0 bridgehead atoms. The molecule has 7 nitrogen and oxygen atoms in total. The Bertz CT molecular complexity index is 1550. The van der Waals surface area contributed by atoms with Crippen molar-refractivity contribution in [1.82, 2.24) is 20.2 Å². The molecule has 10 heteroatoms. The minimum Gasteiger partial charge on any atom is -0.433 e. The van der Waals surface area contributed by atoms with Gasteiger partial charge in [0.1, 0.15) is 6.54 Å². The number of ether oxygens (including phenoxy) is 1. The van der Waals surface area contributed by atoms with Gasteiger partial charge in [-0.2, -0.15) is 13.2 Å². The van der Waals surface area contributed by atoms with Gasteiger partial charge in [-0.3, -0.25) is 0 Å². The van der Waals surface area contributed by atoms with Crippen molar-refractivity contribution in [3.05, 3.63) is 90.1 Å². The van der Waals surface area contributed by atoms with Crippen molar-refractivity contribution in [2.24, 2.45) is 0 Å². The number of aromatic nitrogens is 2. The second-order valence-electron chi connectivity index (χ2n) is 11.1. The first kappa shape index (κ1) is 28.9. The number of alkyl halides is 3. The molecule has 0 saturated carbocycles. The molecule has 6 rings (SSSR count). The van der Waals surface area contributed by atoms with Crippen LogP contribution in [0.4, 0.5) is 23.9 Å². The molecular weight excluding hydrogens is 555 g/mol. The van der Waals surface area contributed by atoms with Crippen LogP contribution in [0.2, 0.25) is 0 Å². The molecule has 1 aromatic heterocycles. The molecule has 0 radical (unpaired) electrons. The maximum absolute atomic E-state index is 12.9. The minimum atomic E-state index is -4.53. The normalized spacial score (nSPS) is 16.4. The van der Waals surface area contributed by atoms with Crippen LogP contribution in [0.5, 0.6) is 0 Å². The molecule has 1 N–H and O–H groups in total. The van der Waals surface area contributed by atoms with Crippen molar-refractivity contribution in [2.45, 2.75) is 37.5 Å². The molecule has 1 saturated heterocycles. The summed E-state index contributed by atoms with van der Waals surface area (Å²) >= 11 is 0. The number of rotatable bonds is 8. The minimum absolute atomic E-state index is 0.464. The van der Waals surface area contributed by atoms with Crippen molar-refractivity contribution >= 4 is 22.9 Å². The molecule has 1 aliphatic carbocycles. The summed E-state index contributed by atoms with van der Waals surface area (Å²) in [6, 6.07) is 23.3. The fourth-order valence-electron chi connectivity index (χ4n) is 6.30. The van der Waals surface area contributed by atoms with Gasteiger partial charge in [-0.05, 0) is 56.0 Å². The van der Waals surface area contributed by atoms with E-state index >= 15 is 0 Å². The van der Waals surface area contributed by atoms with E-state index in [1.165, 1.54) is 0 Å². The van der Waals surface area contributed by atoms with Crippen LogP contribution in [-0.2, 0) is 10.3 Å². The van der Waals surface area contributed by atoms with E-state index in [1.807, 2.05) is 84.3 Å². The first-order valence-corrected chi connectivity index (χ1v) is 14.7. The van der Waals surface area contributed by atoms with E-state index in [9.17, 15) is 18.0 Å². The molecule has 1 aliphatic heterocycles. The van der Waals surface area contributed by atoms with Crippen LogP contribution in [0.15, 0.2) is 79.0 Å². The zero-order valence-electron chi connectivity index (χ0n) is 23.8.